The van der Waals surface area contributed by atoms with Gasteiger partial charge in [-0.15, -0.1) is 0 Å². The van der Waals surface area contributed by atoms with E-state index in [0.29, 0.717) is 11.3 Å². The number of β-lactam (4-membered cyclic amide) rings is 1. The minimum atomic E-state index is -1.23. The number of hydrogen-bond donors (Lipinski definition) is 3. The van der Waals surface area contributed by atoms with E-state index in [0.717, 1.165) is 4.90 Å². The molecule has 1 aliphatic heterocycles. The van der Waals surface area contributed by atoms with Crippen LogP contribution in [0.15, 0.2) is 42.7 Å². The molecule has 3 amide bonds. The van der Waals surface area contributed by atoms with Crippen molar-refractivity contribution < 1.29 is 19.5 Å². The Balaban J connectivity index is 1.71. The average Bonchev–Trinajstić information content (AvgIpc) is 2.64. The summed E-state index contributed by atoms with van der Waals surface area (Å²) in [4.78, 5) is 45.3. The summed E-state index contributed by atoms with van der Waals surface area (Å²) in [5.41, 5.74) is 6.91. The lowest BCUT2D eigenvalue weighted by Gasteiger charge is -2.43. The fraction of sp³-hybridized carbons (Fsp3) is 0.278. The number of nitrogen functional groups attached to an aromatic ring is 1. The maximum atomic E-state index is 12.5. The number of carboxylic acid groups (broad SMARTS) is 1. The molecule has 9 nitrogen and oxygen atoms in total. The minimum Gasteiger partial charge on any atom is -0.480 e. The Morgan fingerprint density at radius 1 is 1.30 bits per heavy atom. The van der Waals surface area contributed by atoms with Gasteiger partial charge < -0.3 is 16.2 Å². The lowest BCUT2D eigenvalue weighted by molar-refractivity contribution is -0.165. The number of aromatic nitrogens is 2. The van der Waals surface area contributed by atoms with Crippen molar-refractivity contribution in [3.63, 3.8) is 0 Å². The Kier molecular flexibility index (Phi) is 5.02. The van der Waals surface area contributed by atoms with Crippen LogP contribution in [0.3, 0.4) is 0 Å². The third-order valence-corrected chi connectivity index (χ3v) is 4.46. The molecule has 4 N–H and O–H groups in total. The molecular weight excluding hydrogens is 350 g/mol. The van der Waals surface area contributed by atoms with Crippen LogP contribution in [0.2, 0.25) is 0 Å². The van der Waals surface area contributed by atoms with Gasteiger partial charge in [0.25, 0.3) is 0 Å². The van der Waals surface area contributed by atoms with Gasteiger partial charge in [-0.25, -0.2) is 19.5 Å². The van der Waals surface area contributed by atoms with Gasteiger partial charge in [0.15, 0.2) is 6.04 Å². The molecule has 1 saturated heterocycles. The van der Waals surface area contributed by atoms with E-state index >= 15 is 0 Å². The highest BCUT2D eigenvalue weighted by Gasteiger charge is 2.54. The molecule has 0 aromatic carbocycles. The summed E-state index contributed by atoms with van der Waals surface area (Å²) in [6.07, 6.45) is 3.24. The van der Waals surface area contributed by atoms with Gasteiger partial charge in [-0.05, 0) is 43.2 Å². The molecule has 2 aromatic rings. The number of nitrogens with zero attached hydrogens (tertiary/aromatic N) is 3. The number of imide groups is 1. The van der Waals surface area contributed by atoms with Crippen LogP contribution < -0.4 is 11.1 Å². The maximum absolute atomic E-state index is 12.5. The Morgan fingerprint density at radius 3 is 2.70 bits per heavy atom. The molecule has 140 valence electrons. The number of urea groups is 1. The van der Waals surface area contributed by atoms with Gasteiger partial charge in [0.05, 0.1) is 17.7 Å². The molecule has 9 heteroatoms. The van der Waals surface area contributed by atoms with Crippen molar-refractivity contribution >= 4 is 23.7 Å². The third-order valence-electron chi connectivity index (χ3n) is 4.46. The maximum Gasteiger partial charge on any atom is 0.327 e. The van der Waals surface area contributed by atoms with Gasteiger partial charge >= 0.3 is 12.0 Å². The number of likely N-dealkylation sites (tertiary alicyclic amines) is 1. The van der Waals surface area contributed by atoms with E-state index in [2.05, 4.69) is 15.3 Å². The first-order chi connectivity index (χ1) is 12.9. The van der Waals surface area contributed by atoms with Crippen molar-refractivity contribution in [2.75, 3.05) is 5.73 Å². The van der Waals surface area contributed by atoms with Crippen LogP contribution in [0.25, 0.3) is 0 Å². The van der Waals surface area contributed by atoms with Crippen LogP contribution in [-0.4, -0.2) is 43.9 Å². The molecule has 1 fully saturated rings. The van der Waals surface area contributed by atoms with E-state index in [-0.39, 0.29) is 12.2 Å². The van der Waals surface area contributed by atoms with Crippen LogP contribution >= 0.6 is 0 Å². The Morgan fingerprint density at radius 2 is 2.07 bits per heavy atom. The van der Waals surface area contributed by atoms with Crippen molar-refractivity contribution in [1.82, 2.24) is 20.2 Å². The molecule has 0 saturated carbocycles. The number of carboxylic acids is 1. The number of pyridine rings is 2. The normalized spacial score (nSPS) is 19.9. The molecule has 2 aromatic heterocycles. The van der Waals surface area contributed by atoms with Gasteiger partial charge in [-0.2, -0.15) is 0 Å². The van der Waals surface area contributed by atoms with Crippen molar-refractivity contribution in [3.05, 3.63) is 54.0 Å². The quantitative estimate of drug-likeness (QED) is 0.668. The average molecular weight is 369 g/mol. The summed E-state index contributed by atoms with van der Waals surface area (Å²) in [7, 11) is 0. The second-order valence-electron chi connectivity index (χ2n) is 6.32. The number of hydrogen-bond acceptors (Lipinski definition) is 6. The van der Waals surface area contributed by atoms with Crippen LogP contribution in [-0.2, 0) is 16.0 Å². The first kappa shape index (κ1) is 18.3. The summed E-state index contributed by atoms with van der Waals surface area (Å²) in [5.74, 6) is -2.32. The lowest BCUT2D eigenvalue weighted by atomic mass is 9.82. The van der Waals surface area contributed by atoms with Gasteiger partial charge in [0, 0.05) is 12.4 Å². The number of anilines is 1. The summed E-state index contributed by atoms with van der Waals surface area (Å²) in [6.45, 7) is 1.71. The van der Waals surface area contributed by atoms with Gasteiger partial charge in [-0.1, -0.05) is 6.07 Å². The first-order valence-electron chi connectivity index (χ1n) is 8.36. The number of aliphatic carboxylic acids is 1. The van der Waals surface area contributed by atoms with Gasteiger partial charge in [0.2, 0.25) is 5.91 Å². The highest BCUT2D eigenvalue weighted by Crippen LogP contribution is 2.31. The molecule has 0 aliphatic carbocycles. The topological polar surface area (TPSA) is 139 Å². The van der Waals surface area contributed by atoms with E-state index in [4.69, 9.17) is 5.73 Å². The van der Waals surface area contributed by atoms with Crippen LogP contribution in [0.1, 0.15) is 24.2 Å². The predicted molar refractivity (Wildman–Crippen MR) is 95.3 cm³/mol. The Bertz CT molecular complexity index is 873. The fourth-order valence-electron chi connectivity index (χ4n) is 3.09. The third kappa shape index (κ3) is 3.71. The van der Waals surface area contributed by atoms with Crippen molar-refractivity contribution in [1.29, 1.82) is 0 Å². The van der Waals surface area contributed by atoms with E-state index in [1.54, 1.807) is 43.5 Å². The van der Waals surface area contributed by atoms with E-state index < -0.39 is 35.9 Å². The summed E-state index contributed by atoms with van der Waals surface area (Å²) in [6, 6.07) is 6.03. The van der Waals surface area contributed by atoms with Gasteiger partial charge in [-0.3, -0.25) is 9.78 Å². The standard InChI is InChI=1S/C18H19N5O4/c1-10(13-4-2-3-6-20-13)22-18(27)23-15(17(25)26)12(16(23)24)8-11-5-7-21-14(19)9-11/h2-7,9-10,12,15H,8H2,1H3,(H2,19,21)(H,22,27)(H,25,26). The number of carbonyl (C=O) groups excluding carboxylic acids is 2. The molecule has 27 heavy (non-hydrogen) atoms. The smallest absolute Gasteiger partial charge is 0.327 e. The molecule has 3 heterocycles. The van der Waals surface area contributed by atoms with Crippen molar-refractivity contribution in [2.24, 2.45) is 5.92 Å². The highest BCUT2D eigenvalue weighted by atomic mass is 16.4. The molecule has 3 unspecified atom stereocenters. The number of amides is 3. The van der Waals surface area contributed by atoms with E-state index in [1.807, 2.05) is 0 Å². The molecule has 0 radical (unpaired) electrons. The summed E-state index contributed by atoms with van der Waals surface area (Å²) in [5, 5.41) is 12.1. The SMILES string of the molecule is CC(NC(=O)N1C(=O)C(Cc2ccnc(N)c2)C1C(=O)O)c1ccccn1. The molecule has 0 bridgehead atoms. The number of carbonyl (C=O) groups is 3. The summed E-state index contributed by atoms with van der Waals surface area (Å²) < 4.78 is 0. The molecule has 0 spiro atoms. The lowest BCUT2D eigenvalue weighted by Crippen LogP contribution is -2.68. The zero-order valence-electron chi connectivity index (χ0n) is 14.6. The highest BCUT2D eigenvalue weighted by molar-refractivity contribution is 6.07. The molecular formula is C18H19N5O4. The number of rotatable bonds is 5. The van der Waals surface area contributed by atoms with Gasteiger partial charge in [0.1, 0.15) is 5.82 Å². The monoisotopic (exact) mass is 369 g/mol. The van der Waals surface area contributed by atoms with Crippen molar-refractivity contribution in [2.45, 2.75) is 25.4 Å². The second kappa shape index (κ2) is 7.40. The molecule has 3 rings (SSSR count). The minimum absolute atomic E-state index is 0.169. The Hall–Kier alpha value is -3.49. The molecule has 3 atom stereocenters. The Labute approximate surface area is 155 Å². The fourth-order valence-corrected chi connectivity index (χ4v) is 3.09. The van der Waals surface area contributed by atoms with Crippen LogP contribution in [0.5, 0.6) is 0 Å². The largest absolute Gasteiger partial charge is 0.480 e. The number of nitrogens with two attached hydrogens (primary N) is 1. The zero-order valence-corrected chi connectivity index (χ0v) is 14.6. The molecule has 1 aliphatic rings. The first-order valence-corrected chi connectivity index (χ1v) is 8.36. The van der Waals surface area contributed by atoms with Crippen LogP contribution in [0, 0.1) is 5.92 Å². The number of nitrogens with one attached hydrogen (secondary N) is 1. The predicted octanol–water partition coefficient (Wildman–Crippen LogP) is 0.984. The zero-order chi connectivity index (χ0) is 19.6. The summed E-state index contributed by atoms with van der Waals surface area (Å²) >= 11 is 0. The van der Waals surface area contributed by atoms with E-state index in [9.17, 15) is 19.5 Å². The van der Waals surface area contributed by atoms with E-state index in [1.165, 1.54) is 6.20 Å². The van der Waals surface area contributed by atoms with Crippen molar-refractivity contribution in [3.8, 4) is 0 Å². The van der Waals surface area contributed by atoms with Crippen LogP contribution in [0.4, 0.5) is 10.6 Å². The second-order valence-corrected chi connectivity index (χ2v) is 6.32.